The molecule has 0 bridgehead atoms. The van der Waals surface area contributed by atoms with Crippen LogP contribution in [0.1, 0.15) is 18.4 Å². The van der Waals surface area contributed by atoms with E-state index in [-0.39, 0.29) is 0 Å². The molecular formula is C13H16N2O3. The van der Waals surface area contributed by atoms with Gasteiger partial charge in [0.15, 0.2) is 11.5 Å². The maximum Gasteiger partial charge on any atom is 0.161 e. The van der Waals surface area contributed by atoms with E-state index >= 15 is 0 Å². The van der Waals surface area contributed by atoms with Gasteiger partial charge >= 0.3 is 0 Å². The van der Waals surface area contributed by atoms with Crippen LogP contribution in [-0.2, 0) is 4.84 Å². The molecule has 5 nitrogen and oxygen atoms in total. The summed E-state index contributed by atoms with van der Waals surface area (Å²) in [5.74, 6) is 0.740. The van der Waals surface area contributed by atoms with Crippen LogP contribution in [0.15, 0.2) is 23.4 Å². The Hall–Kier alpha value is -2.22. The Morgan fingerprint density at radius 1 is 1.22 bits per heavy atom. The van der Waals surface area contributed by atoms with Crippen molar-refractivity contribution in [3.05, 3.63) is 23.8 Å². The van der Waals surface area contributed by atoms with E-state index < -0.39 is 5.92 Å². The van der Waals surface area contributed by atoms with Gasteiger partial charge < -0.3 is 14.3 Å². The number of hydrogen-bond acceptors (Lipinski definition) is 5. The van der Waals surface area contributed by atoms with Gasteiger partial charge in [0, 0.05) is 0 Å². The molecule has 1 atom stereocenters. The molecule has 0 fully saturated rings. The summed E-state index contributed by atoms with van der Waals surface area (Å²) in [6.07, 6.45) is 0. The molecule has 0 aliphatic rings. The summed E-state index contributed by atoms with van der Waals surface area (Å²) < 4.78 is 10.4. The van der Waals surface area contributed by atoms with Gasteiger partial charge in [-0.2, -0.15) is 5.26 Å². The molecule has 1 aromatic carbocycles. The summed E-state index contributed by atoms with van der Waals surface area (Å²) in [5, 5.41) is 13.0. The highest BCUT2D eigenvalue weighted by Gasteiger charge is 2.17. The van der Waals surface area contributed by atoms with Crippen molar-refractivity contribution in [3.8, 4) is 17.6 Å². The second-order valence-electron chi connectivity index (χ2n) is 3.59. The lowest BCUT2D eigenvalue weighted by molar-refractivity contribution is 0.212. The summed E-state index contributed by atoms with van der Waals surface area (Å²) in [6, 6.07) is 7.52. The van der Waals surface area contributed by atoms with Gasteiger partial charge in [0.25, 0.3) is 0 Å². The largest absolute Gasteiger partial charge is 0.493 e. The second-order valence-corrected chi connectivity index (χ2v) is 3.59. The molecule has 0 aromatic heterocycles. The Morgan fingerprint density at radius 2 is 1.89 bits per heavy atom. The van der Waals surface area contributed by atoms with Crippen LogP contribution < -0.4 is 9.47 Å². The van der Waals surface area contributed by atoms with Crippen LogP contribution in [0.4, 0.5) is 0 Å². The zero-order valence-electron chi connectivity index (χ0n) is 10.9. The predicted molar refractivity (Wildman–Crippen MR) is 68.0 cm³/mol. The van der Waals surface area contributed by atoms with E-state index in [1.807, 2.05) is 6.07 Å². The van der Waals surface area contributed by atoms with Crippen molar-refractivity contribution in [1.29, 1.82) is 5.26 Å². The molecule has 0 radical (unpaired) electrons. The van der Waals surface area contributed by atoms with Crippen LogP contribution in [0.5, 0.6) is 11.5 Å². The van der Waals surface area contributed by atoms with E-state index in [4.69, 9.17) is 14.3 Å². The molecule has 96 valence electrons. The van der Waals surface area contributed by atoms with Crippen molar-refractivity contribution in [1.82, 2.24) is 0 Å². The fraction of sp³-hybridized carbons (Fsp3) is 0.385. The molecule has 0 saturated carbocycles. The molecule has 0 heterocycles. The molecule has 0 aliphatic carbocycles. The molecule has 0 spiro atoms. The number of oxime groups is 1. The van der Waals surface area contributed by atoms with Crippen molar-refractivity contribution in [2.24, 2.45) is 5.16 Å². The number of methoxy groups -OCH3 is 2. The number of ether oxygens (including phenoxy) is 2. The van der Waals surface area contributed by atoms with Gasteiger partial charge in [-0.25, -0.2) is 0 Å². The zero-order valence-corrected chi connectivity index (χ0v) is 10.9. The summed E-state index contributed by atoms with van der Waals surface area (Å²) in [5.41, 5.74) is 1.38. The summed E-state index contributed by atoms with van der Waals surface area (Å²) in [4.78, 5) is 4.69. The third-order valence-electron chi connectivity index (χ3n) is 2.52. The molecule has 5 heteroatoms. The van der Waals surface area contributed by atoms with Gasteiger partial charge in [-0.1, -0.05) is 11.2 Å². The van der Waals surface area contributed by atoms with Crippen LogP contribution in [-0.4, -0.2) is 27.0 Å². The monoisotopic (exact) mass is 248 g/mol. The fourth-order valence-corrected chi connectivity index (χ4v) is 1.64. The van der Waals surface area contributed by atoms with E-state index in [9.17, 15) is 5.26 Å². The SMILES string of the molecule is CO/N=C(\C)C(C#N)c1ccc(OC)c(OC)c1. The van der Waals surface area contributed by atoms with Crippen LogP contribution in [0, 0.1) is 11.3 Å². The van der Waals surface area contributed by atoms with Gasteiger partial charge in [0.1, 0.15) is 13.0 Å². The number of nitrogens with zero attached hydrogens (tertiary/aromatic N) is 2. The number of hydrogen-bond donors (Lipinski definition) is 0. The minimum Gasteiger partial charge on any atom is -0.493 e. The Labute approximate surface area is 107 Å². The smallest absolute Gasteiger partial charge is 0.161 e. The van der Waals surface area contributed by atoms with Crippen molar-refractivity contribution in [2.75, 3.05) is 21.3 Å². The average molecular weight is 248 g/mol. The predicted octanol–water partition coefficient (Wildman–Crippen LogP) is 2.33. The normalized spacial score (nSPS) is 12.5. The third kappa shape index (κ3) is 2.92. The minimum absolute atomic E-state index is 0.468. The highest BCUT2D eigenvalue weighted by Crippen LogP contribution is 2.30. The van der Waals surface area contributed by atoms with Crippen LogP contribution >= 0.6 is 0 Å². The lowest BCUT2D eigenvalue weighted by Crippen LogP contribution is -2.08. The zero-order chi connectivity index (χ0) is 13.5. The van der Waals surface area contributed by atoms with Gasteiger partial charge in [-0.3, -0.25) is 0 Å². The first kappa shape index (κ1) is 13.8. The Morgan fingerprint density at radius 3 is 2.39 bits per heavy atom. The standard InChI is InChI=1S/C13H16N2O3/c1-9(15-18-4)11(8-14)10-5-6-12(16-2)13(7-10)17-3/h5-7,11H,1-4H3/b15-9+. The molecule has 1 rings (SSSR count). The van der Waals surface area contributed by atoms with Crippen molar-refractivity contribution >= 4 is 5.71 Å². The summed E-state index contributed by atoms with van der Waals surface area (Å²) >= 11 is 0. The van der Waals surface area contributed by atoms with E-state index in [0.29, 0.717) is 17.2 Å². The van der Waals surface area contributed by atoms with Crippen molar-refractivity contribution in [2.45, 2.75) is 12.8 Å². The van der Waals surface area contributed by atoms with Crippen molar-refractivity contribution < 1.29 is 14.3 Å². The number of benzene rings is 1. The molecule has 1 aromatic rings. The van der Waals surface area contributed by atoms with E-state index in [1.54, 1.807) is 33.3 Å². The molecule has 0 aliphatic heterocycles. The highest BCUT2D eigenvalue weighted by atomic mass is 16.6. The lowest BCUT2D eigenvalue weighted by atomic mass is 9.96. The minimum atomic E-state index is -0.468. The number of rotatable bonds is 5. The lowest BCUT2D eigenvalue weighted by Gasteiger charge is -2.12. The first-order chi connectivity index (χ1) is 8.67. The highest BCUT2D eigenvalue weighted by molar-refractivity contribution is 5.91. The maximum absolute atomic E-state index is 9.21. The molecule has 0 saturated heterocycles. The molecule has 1 unspecified atom stereocenters. The van der Waals surface area contributed by atoms with Gasteiger partial charge in [0.2, 0.25) is 0 Å². The first-order valence-electron chi connectivity index (χ1n) is 5.37. The summed E-state index contributed by atoms with van der Waals surface area (Å²) in [6.45, 7) is 1.74. The van der Waals surface area contributed by atoms with E-state index in [0.717, 1.165) is 5.56 Å². The quantitative estimate of drug-likeness (QED) is 0.592. The first-order valence-corrected chi connectivity index (χ1v) is 5.37. The number of nitriles is 1. The Kier molecular flexibility index (Phi) is 5.00. The molecule has 0 amide bonds. The second kappa shape index (κ2) is 6.50. The van der Waals surface area contributed by atoms with E-state index in [2.05, 4.69) is 11.2 Å². The summed E-state index contributed by atoms with van der Waals surface area (Å²) in [7, 11) is 4.57. The fourth-order valence-electron chi connectivity index (χ4n) is 1.64. The molecule has 18 heavy (non-hydrogen) atoms. The Balaban J connectivity index is 3.16. The Bertz CT molecular complexity index is 478. The van der Waals surface area contributed by atoms with Gasteiger partial charge in [0.05, 0.1) is 26.0 Å². The maximum atomic E-state index is 9.21. The topological polar surface area (TPSA) is 63.8 Å². The average Bonchev–Trinajstić information content (AvgIpc) is 2.39. The van der Waals surface area contributed by atoms with E-state index in [1.165, 1.54) is 7.11 Å². The molecule has 0 N–H and O–H groups in total. The van der Waals surface area contributed by atoms with Crippen LogP contribution in [0.25, 0.3) is 0 Å². The molecular weight excluding hydrogens is 232 g/mol. The van der Waals surface area contributed by atoms with Gasteiger partial charge in [-0.05, 0) is 24.6 Å². The van der Waals surface area contributed by atoms with Crippen LogP contribution in [0.2, 0.25) is 0 Å². The van der Waals surface area contributed by atoms with Gasteiger partial charge in [-0.15, -0.1) is 0 Å². The van der Waals surface area contributed by atoms with Crippen molar-refractivity contribution in [3.63, 3.8) is 0 Å². The van der Waals surface area contributed by atoms with Crippen LogP contribution in [0.3, 0.4) is 0 Å². The third-order valence-corrected chi connectivity index (χ3v) is 2.52.